The Morgan fingerprint density at radius 3 is 2.76 bits per heavy atom. The molecule has 4 aromatic rings. The molecule has 1 fully saturated rings. The fourth-order valence-electron chi connectivity index (χ4n) is 4.44. The van der Waals surface area contributed by atoms with Gasteiger partial charge in [-0.15, -0.1) is 0 Å². The van der Waals surface area contributed by atoms with E-state index in [9.17, 15) is 9.18 Å². The molecule has 0 aliphatic carbocycles. The highest BCUT2D eigenvalue weighted by molar-refractivity contribution is 9.10. The van der Waals surface area contributed by atoms with Crippen LogP contribution in [0.15, 0.2) is 81.8 Å². The minimum absolute atomic E-state index is 0.113. The van der Waals surface area contributed by atoms with Crippen LogP contribution < -0.4 is 20.3 Å². The number of rotatable bonds is 7. The number of carbonyl (C=O) groups excluding carboxylic acids is 1. The Kier molecular flexibility index (Phi) is 7.44. The van der Waals surface area contributed by atoms with E-state index in [2.05, 4.69) is 31.5 Å². The highest BCUT2D eigenvalue weighted by Crippen LogP contribution is 2.44. The first kappa shape index (κ1) is 25.9. The summed E-state index contributed by atoms with van der Waals surface area (Å²) in [5, 5.41) is 6.74. The number of aromatic nitrogens is 1. The van der Waals surface area contributed by atoms with Crippen LogP contribution in [0.3, 0.4) is 0 Å². The van der Waals surface area contributed by atoms with Gasteiger partial charge in [0.2, 0.25) is 5.91 Å². The normalized spacial score (nSPS) is 16.8. The zero-order valence-electron chi connectivity index (χ0n) is 20.6. The van der Waals surface area contributed by atoms with Crippen LogP contribution in [0.1, 0.15) is 36.9 Å². The molecule has 1 aliphatic heterocycles. The number of anilines is 2. The van der Waals surface area contributed by atoms with Gasteiger partial charge in [0, 0.05) is 34.4 Å². The molecule has 2 N–H and O–H groups in total. The molecule has 3 heterocycles. The molecule has 1 aliphatic rings. The number of halogens is 2. The number of benzene rings is 2. The Morgan fingerprint density at radius 1 is 1.21 bits per heavy atom. The summed E-state index contributed by atoms with van der Waals surface area (Å²) in [6.07, 6.45) is 2.08. The fraction of sp³-hybridized carbons (Fsp3) is 0.179. The smallest absolute Gasteiger partial charge is 0.224 e. The molecule has 5 rings (SSSR count). The van der Waals surface area contributed by atoms with E-state index in [1.807, 2.05) is 47.4 Å². The van der Waals surface area contributed by atoms with Gasteiger partial charge in [0.05, 0.1) is 24.5 Å². The molecule has 1 saturated heterocycles. The number of carbonyl (C=O) groups is 1. The summed E-state index contributed by atoms with van der Waals surface area (Å²) in [4.78, 5) is 18.5. The summed E-state index contributed by atoms with van der Waals surface area (Å²) in [6.45, 7) is 1.79. The molecule has 0 bridgehead atoms. The van der Waals surface area contributed by atoms with Crippen molar-refractivity contribution in [3.8, 4) is 17.1 Å². The summed E-state index contributed by atoms with van der Waals surface area (Å²) in [7, 11) is 1.55. The second-order valence-corrected chi connectivity index (χ2v) is 9.85. The van der Waals surface area contributed by atoms with E-state index >= 15 is 0 Å². The van der Waals surface area contributed by atoms with E-state index in [1.54, 1.807) is 32.4 Å². The van der Waals surface area contributed by atoms with Gasteiger partial charge in [-0.1, -0.05) is 13.0 Å². The maximum absolute atomic E-state index is 13.7. The average Bonchev–Trinajstić information content (AvgIpc) is 3.54. The maximum Gasteiger partial charge on any atom is 0.224 e. The highest BCUT2D eigenvalue weighted by atomic mass is 79.9. The lowest BCUT2D eigenvalue weighted by Crippen LogP contribution is -2.29. The first-order chi connectivity index (χ1) is 18.4. The molecule has 7 nitrogen and oxygen atoms in total. The number of thiocarbonyl (C=S) groups is 1. The third kappa shape index (κ3) is 5.01. The number of nitrogens with zero attached hydrogens (tertiary/aromatic N) is 2. The topological polar surface area (TPSA) is 79.6 Å². The molecule has 2 aromatic heterocycles. The monoisotopic (exact) mass is 594 g/mol. The number of pyridine rings is 1. The Balaban J connectivity index is 1.58. The number of nitrogens with one attached hydrogen (secondary N) is 2. The van der Waals surface area contributed by atoms with Crippen LogP contribution in [0.5, 0.6) is 5.75 Å². The first-order valence-corrected chi connectivity index (χ1v) is 13.1. The minimum atomic E-state index is -0.397. The van der Waals surface area contributed by atoms with Crippen LogP contribution in [0.2, 0.25) is 0 Å². The van der Waals surface area contributed by atoms with E-state index in [0.717, 1.165) is 16.9 Å². The second-order valence-electron chi connectivity index (χ2n) is 8.61. The van der Waals surface area contributed by atoms with Gasteiger partial charge < -0.3 is 24.7 Å². The molecule has 194 valence electrons. The van der Waals surface area contributed by atoms with Crippen molar-refractivity contribution < 1.29 is 18.3 Å². The van der Waals surface area contributed by atoms with Gasteiger partial charge in [0.25, 0.3) is 0 Å². The van der Waals surface area contributed by atoms with Crippen LogP contribution >= 0.6 is 28.1 Å². The minimum Gasteiger partial charge on any atom is -0.494 e. The number of methoxy groups -OCH3 is 1. The van der Waals surface area contributed by atoms with Crippen molar-refractivity contribution in [3.63, 3.8) is 0 Å². The molecular formula is C28H24BrFN4O3S. The Labute approximate surface area is 233 Å². The van der Waals surface area contributed by atoms with Gasteiger partial charge in [-0.25, -0.2) is 4.39 Å². The lowest BCUT2D eigenvalue weighted by Gasteiger charge is -2.27. The number of ether oxygens (including phenoxy) is 1. The summed E-state index contributed by atoms with van der Waals surface area (Å²) >= 11 is 9.23. The van der Waals surface area contributed by atoms with Crippen LogP contribution in [0.4, 0.5) is 15.8 Å². The van der Waals surface area contributed by atoms with Gasteiger partial charge in [0.15, 0.2) is 5.11 Å². The molecular weight excluding hydrogens is 571 g/mol. The molecule has 1 amide bonds. The van der Waals surface area contributed by atoms with Crippen molar-refractivity contribution in [2.24, 2.45) is 0 Å². The van der Waals surface area contributed by atoms with Crippen LogP contribution in [-0.4, -0.2) is 23.1 Å². The number of hydrogen-bond donors (Lipinski definition) is 2. The van der Waals surface area contributed by atoms with Crippen LogP contribution in [-0.2, 0) is 4.79 Å². The molecule has 0 saturated carbocycles. The van der Waals surface area contributed by atoms with Crippen molar-refractivity contribution in [1.82, 2.24) is 10.3 Å². The van der Waals surface area contributed by atoms with Crippen molar-refractivity contribution in [3.05, 3.63) is 94.7 Å². The molecule has 2 atom stereocenters. The van der Waals surface area contributed by atoms with Gasteiger partial charge in [-0.05, 0) is 82.7 Å². The predicted octanol–water partition coefficient (Wildman–Crippen LogP) is 6.78. The quantitative estimate of drug-likeness (QED) is 0.228. The predicted molar refractivity (Wildman–Crippen MR) is 152 cm³/mol. The van der Waals surface area contributed by atoms with E-state index in [-0.39, 0.29) is 17.8 Å². The zero-order valence-corrected chi connectivity index (χ0v) is 23.0. The lowest BCUT2D eigenvalue weighted by molar-refractivity contribution is -0.115. The Morgan fingerprint density at radius 2 is 2.05 bits per heavy atom. The molecule has 0 unspecified atom stereocenters. The van der Waals surface area contributed by atoms with Gasteiger partial charge >= 0.3 is 0 Å². The molecule has 10 heteroatoms. The largest absolute Gasteiger partial charge is 0.494 e. The summed E-state index contributed by atoms with van der Waals surface area (Å²) < 4.78 is 26.2. The standard InChI is InChI=1S/C28H24BrFN4O3S/c1-3-25(35)32-20-10-8-17(15-24(20)36-2)34-27(26(33-28(34)38)21-6-4-5-13-31-21)23-12-11-22(37-23)18-9-7-16(30)14-19(18)29/h4-15,26-27H,3H2,1-2H3,(H,32,35)(H,33,38)/t26-,27-/m0/s1. The molecule has 0 radical (unpaired) electrons. The van der Waals surface area contributed by atoms with Crippen LogP contribution in [0, 0.1) is 5.82 Å². The summed E-state index contributed by atoms with van der Waals surface area (Å²) in [5.41, 5.74) is 2.84. The molecule has 38 heavy (non-hydrogen) atoms. The van der Waals surface area contributed by atoms with E-state index in [1.165, 1.54) is 12.1 Å². The van der Waals surface area contributed by atoms with Crippen LogP contribution in [0.25, 0.3) is 11.3 Å². The number of hydrogen-bond acceptors (Lipinski definition) is 5. The van der Waals surface area contributed by atoms with Gasteiger partial charge in [-0.2, -0.15) is 0 Å². The van der Waals surface area contributed by atoms with Gasteiger partial charge in [0.1, 0.15) is 29.1 Å². The third-order valence-corrected chi connectivity index (χ3v) is 7.24. The highest BCUT2D eigenvalue weighted by Gasteiger charge is 2.43. The molecule has 2 aromatic carbocycles. The van der Waals surface area contributed by atoms with E-state index in [4.69, 9.17) is 21.4 Å². The Bertz CT molecular complexity index is 1500. The summed E-state index contributed by atoms with van der Waals surface area (Å²) in [6, 6.07) is 18.7. The van der Waals surface area contributed by atoms with E-state index in [0.29, 0.717) is 39.0 Å². The van der Waals surface area contributed by atoms with E-state index < -0.39 is 6.04 Å². The fourth-order valence-corrected chi connectivity index (χ4v) is 5.33. The number of amides is 1. The van der Waals surface area contributed by atoms with Crippen molar-refractivity contribution in [1.29, 1.82) is 0 Å². The number of furan rings is 1. The zero-order chi connectivity index (χ0) is 26.8. The van der Waals surface area contributed by atoms with Crippen molar-refractivity contribution in [2.45, 2.75) is 25.4 Å². The Hall–Kier alpha value is -3.76. The molecule has 0 spiro atoms. The third-order valence-electron chi connectivity index (χ3n) is 6.27. The SMILES string of the molecule is CCC(=O)Nc1ccc(N2C(=S)N[C@@H](c3ccccn3)[C@@H]2c2ccc(-c3ccc(F)cc3Br)o2)cc1OC. The lowest BCUT2D eigenvalue weighted by atomic mass is 10.0. The average molecular weight is 595 g/mol. The maximum atomic E-state index is 13.7. The second kappa shape index (κ2) is 10.9. The van der Waals surface area contributed by atoms with Gasteiger partial charge in [-0.3, -0.25) is 9.78 Å². The van der Waals surface area contributed by atoms with Crippen molar-refractivity contribution >= 4 is 50.5 Å². The summed E-state index contributed by atoms with van der Waals surface area (Å²) in [5.74, 6) is 1.27. The van der Waals surface area contributed by atoms with Crippen molar-refractivity contribution in [2.75, 3.05) is 17.3 Å². The first-order valence-electron chi connectivity index (χ1n) is 11.9.